The van der Waals surface area contributed by atoms with E-state index in [1.807, 2.05) is 50.2 Å². The van der Waals surface area contributed by atoms with Crippen molar-refractivity contribution >= 4 is 5.91 Å². The minimum atomic E-state index is -0.145. The lowest BCUT2D eigenvalue weighted by molar-refractivity contribution is 0.0749. The maximum Gasteiger partial charge on any atom is 0.257 e. The minimum Gasteiger partial charge on any atom is -0.507 e. The van der Waals surface area contributed by atoms with Gasteiger partial charge in [0.25, 0.3) is 5.91 Å². The molecule has 0 aliphatic carbocycles. The summed E-state index contributed by atoms with van der Waals surface area (Å²) in [6, 6.07) is 15.0. The van der Waals surface area contributed by atoms with Gasteiger partial charge in [-0.15, -0.1) is 0 Å². The summed E-state index contributed by atoms with van der Waals surface area (Å²) in [7, 11) is 0. The molecule has 3 nitrogen and oxygen atoms in total. The van der Waals surface area contributed by atoms with Crippen LogP contribution >= 0.6 is 0 Å². The van der Waals surface area contributed by atoms with Crippen LogP contribution in [0.4, 0.5) is 0 Å². The first-order valence-electron chi connectivity index (χ1n) is 6.74. The molecule has 104 valence electrons. The van der Waals surface area contributed by atoms with Crippen LogP contribution in [0, 0.1) is 6.92 Å². The molecular weight excluding hydrogens is 250 g/mol. The first kappa shape index (κ1) is 14.1. The fourth-order valence-corrected chi connectivity index (χ4v) is 2.12. The molecule has 1 N–H and O–H groups in total. The molecule has 2 aromatic carbocycles. The topological polar surface area (TPSA) is 40.5 Å². The zero-order valence-electron chi connectivity index (χ0n) is 11.8. The molecule has 0 saturated carbocycles. The number of benzene rings is 2. The van der Waals surface area contributed by atoms with Crippen molar-refractivity contribution in [3.63, 3.8) is 0 Å². The summed E-state index contributed by atoms with van der Waals surface area (Å²) in [5, 5.41) is 9.92. The van der Waals surface area contributed by atoms with Gasteiger partial charge in [-0.2, -0.15) is 0 Å². The summed E-state index contributed by atoms with van der Waals surface area (Å²) >= 11 is 0. The second-order valence-electron chi connectivity index (χ2n) is 4.83. The van der Waals surface area contributed by atoms with Gasteiger partial charge in [-0.05, 0) is 37.1 Å². The van der Waals surface area contributed by atoms with E-state index in [2.05, 4.69) is 0 Å². The maximum atomic E-state index is 12.5. The lowest BCUT2D eigenvalue weighted by Gasteiger charge is -2.21. The Labute approximate surface area is 119 Å². The average Bonchev–Trinajstić information content (AvgIpc) is 2.45. The van der Waals surface area contributed by atoms with Crippen molar-refractivity contribution in [2.45, 2.75) is 20.4 Å². The van der Waals surface area contributed by atoms with Crippen LogP contribution in [-0.4, -0.2) is 22.5 Å². The molecule has 0 unspecified atom stereocenters. The fraction of sp³-hybridized carbons (Fsp3) is 0.235. The van der Waals surface area contributed by atoms with E-state index in [1.165, 1.54) is 0 Å². The molecule has 0 heterocycles. The predicted octanol–water partition coefficient (Wildman–Crippen LogP) is 3.36. The second kappa shape index (κ2) is 6.24. The maximum absolute atomic E-state index is 12.5. The van der Waals surface area contributed by atoms with Crippen LogP contribution < -0.4 is 0 Å². The molecule has 0 atom stereocenters. The lowest BCUT2D eigenvalue weighted by atomic mass is 10.1. The molecule has 0 saturated heterocycles. The van der Waals surface area contributed by atoms with Gasteiger partial charge in [-0.25, -0.2) is 0 Å². The molecule has 0 aromatic heterocycles. The lowest BCUT2D eigenvalue weighted by Crippen LogP contribution is -2.30. The minimum absolute atomic E-state index is 0.0431. The van der Waals surface area contributed by atoms with Crippen molar-refractivity contribution < 1.29 is 9.90 Å². The number of nitrogens with zero attached hydrogens (tertiary/aromatic N) is 1. The molecule has 0 bridgehead atoms. The van der Waals surface area contributed by atoms with E-state index < -0.39 is 0 Å². The van der Waals surface area contributed by atoms with E-state index in [9.17, 15) is 9.90 Å². The Hall–Kier alpha value is -2.29. The molecular formula is C17H19NO2. The summed E-state index contributed by atoms with van der Waals surface area (Å²) < 4.78 is 0. The van der Waals surface area contributed by atoms with E-state index in [0.717, 1.165) is 11.1 Å². The predicted molar refractivity (Wildman–Crippen MR) is 79.7 cm³/mol. The number of hydrogen-bond donors (Lipinski definition) is 1. The molecule has 0 spiro atoms. The Morgan fingerprint density at radius 2 is 1.85 bits per heavy atom. The Kier molecular flexibility index (Phi) is 4.41. The van der Waals surface area contributed by atoms with E-state index in [4.69, 9.17) is 0 Å². The van der Waals surface area contributed by atoms with Gasteiger partial charge in [0.2, 0.25) is 0 Å². The third kappa shape index (κ3) is 3.18. The molecule has 0 radical (unpaired) electrons. The number of phenolic OH excluding ortho intramolecular Hbond substituents is 1. The standard InChI is InChI=1S/C17H19NO2/c1-3-18(12-14-7-5-4-6-8-14)17(20)15-10-9-13(2)11-16(15)19/h4-11,19H,3,12H2,1-2H3. The second-order valence-corrected chi connectivity index (χ2v) is 4.83. The molecule has 3 heteroatoms. The number of aromatic hydroxyl groups is 1. The van der Waals surface area contributed by atoms with Crippen LogP contribution in [0.5, 0.6) is 5.75 Å². The Morgan fingerprint density at radius 3 is 2.45 bits per heavy atom. The highest BCUT2D eigenvalue weighted by molar-refractivity contribution is 5.96. The normalized spacial score (nSPS) is 10.3. The van der Waals surface area contributed by atoms with Gasteiger partial charge >= 0.3 is 0 Å². The smallest absolute Gasteiger partial charge is 0.257 e. The first-order valence-corrected chi connectivity index (χ1v) is 6.74. The van der Waals surface area contributed by atoms with Crippen LogP contribution in [0.15, 0.2) is 48.5 Å². The number of carbonyl (C=O) groups excluding carboxylic acids is 1. The van der Waals surface area contributed by atoms with E-state index in [1.54, 1.807) is 17.0 Å². The van der Waals surface area contributed by atoms with Crippen molar-refractivity contribution in [2.24, 2.45) is 0 Å². The van der Waals surface area contributed by atoms with Crippen LogP contribution in [0.3, 0.4) is 0 Å². The Morgan fingerprint density at radius 1 is 1.15 bits per heavy atom. The van der Waals surface area contributed by atoms with Crippen molar-refractivity contribution in [1.82, 2.24) is 4.90 Å². The molecule has 0 fully saturated rings. The molecule has 2 aromatic rings. The van der Waals surface area contributed by atoms with Crippen molar-refractivity contribution in [1.29, 1.82) is 0 Å². The van der Waals surface area contributed by atoms with Crippen LogP contribution in [0.25, 0.3) is 0 Å². The van der Waals surface area contributed by atoms with E-state index in [0.29, 0.717) is 18.7 Å². The zero-order valence-corrected chi connectivity index (χ0v) is 11.8. The van der Waals surface area contributed by atoms with Gasteiger partial charge in [-0.1, -0.05) is 36.4 Å². The third-order valence-electron chi connectivity index (χ3n) is 3.27. The van der Waals surface area contributed by atoms with E-state index >= 15 is 0 Å². The van der Waals surface area contributed by atoms with Gasteiger partial charge in [-0.3, -0.25) is 4.79 Å². The van der Waals surface area contributed by atoms with Gasteiger partial charge in [0.15, 0.2) is 0 Å². The molecule has 2 rings (SSSR count). The van der Waals surface area contributed by atoms with Gasteiger partial charge < -0.3 is 10.0 Å². The number of rotatable bonds is 4. The zero-order chi connectivity index (χ0) is 14.5. The van der Waals surface area contributed by atoms with Gasteiger partial charge in [0, 0.05) is 13.1 Å². The Bertz CT molecular complexity index is 593. The highest BCUT2D eigenvalue weighted by atomic mass is 16.3. The van der Waals surface area contributed by atoms with Gasteiger partial charge in [0.1, 0.15) is 5.75 Å². The number of carbonyl (C=O) groups is 1. The first-order chi connectivity index (χ1) is 9.61. The van der Waals surface area contributed by atoms with Crippen molar-refractivity contribution in [3.05, 3.63) is 65.2 Å². The summed E-state index contributed by atoms with van der Waals surface area (Å²) in [5.41, 5.74) is 2.37. The summed E-state index contributed by atoms with van der Waals surface area (Å²) in [6.45, 7) is 4.96. The summed E-state index contributed by atoms with van der Waals surface area (Å²) in [4.78, 5) is 14.2. The number of aryl methyl sites for hydroxylation is 1. The monoisotopic (exact) mass is 269 g/mol. The van der Waals surface area contributed by atoms with Crippen molar-refractivity contribution in [3.8, 4) is 5.75 Å². The largest absolute Gasteiger partial charge is 0.507 e. The average molecular weight is 269 g/mol. The van der Waals surface area contributed by atoms with Crippen LogP contribution in [0.1, 0.15) is 28.4 Å². The number of amides is 1. The fourth-order valence-electron chi connectivity index (χ4n) is 2.12. The quantitative estimate of drug-likeness (QED) is 0.924. The van der Waals surface area contributed by atoms with Crippen molar-refractivity contribution in [2.75, 3.05) is 6.54 Å². The van der Waals surface area contributed by atoms with E-state index in [-0.39, 0.29) is 11.7 Å². The van der Waals surface area contributed by atoms with Gasteiger partial charge in [0.05, 0.1) is 5.56 Å². The SMILES string of the molecule is CCN(Cc1ccccc1)C(=O)c1ccc(C)cc1O. The Balaban J connectivity index is 2.21. The van der Waals surface area contributed by atoms with Crippen LogP contribution in [-0.2, 0) is 6.54 Å². The van der Waals surface area contributed by atoms with Crippen LogP contribution in [0.2, 0.25) is 0 Å². The highest BCUT2D eigenvalue weighted by Crippen LogP contribution is 2.21. The highest BCUT2D eigenvalue weighted by Gasteiger charge is 2.17. The number of phenols is 1. The third-order valence-corrected chi connectivity index (χ3v) is 3.27. The molecule has 0 aliphatic heterocycles. The molecule has 1 amide bonds. The molecule has 20 heavy (non-hydrogen) atoms. The molecule has 0 aliphatic rings. The summed E-state index contributed by atoms with van der Waals surface area (Å²) in [5.74, 6) is -0.102. The summed E-state index contributed by atoms with van der Waals surface area (Å²) in [6.07, 6.45) is 0. The number of hydrogen-bond acceptors (Lipinski definition) is 2.